The SMILES string of the molecule is CC(C)NC(=O)c1ccccc1NC(=O)c1ccc(CN2CCN(S(C)(=O)=O)CC2)cc1. The maximum Gasteiger partial charge on any atom is 0.255 e. The standard InChI is InChI=1S/C23H30N4O4S/c1-17(2)24-23(29)20-6-4-5-7-21(20)25-22(28)19-10-8-18(9-11-19)16-26-12-14-27(15-13-26)32(3,30)31/h4-11,17H,12-16H2,1-3H3,(H,24,29)(H,25,28). The van der Waals surface area contributed by atoms with Crippen LogP contribution in [0.25, 0.3) is 0 Å². The molecule has 0 spiro atoms. The van der Waals surface area contributed by atoms with Crippen molar-refractivity contribution in [3.63, 3.8) is 0 Å². The number of benzene rings is 2. The summed E-state index contributed by atoms with van der Waals surface area (Å²) in [6, 6.07) is 14.2. The highest BCUT2D eigenvalue weighted by Crippen LogP contribution is 2.17. The van der Waals surface area contributed by atoms with Gasteiger partial charge in [-0.25, -0.2) is 8.42 Å². The lowest BCUT2D eigenvalue weighted by molar-refractivity contribution is 0.0944. The first kappa shape index (κ1) is 23.9. The molecule has 0 saturated carbocycles. The Labute approximate surface area is 189 Å². The number of para-hydroxylation sites is 1. The van der Waals surface area contributed by atoms with Gasteiger partial charge in [0.2, 0.25) is 10.0 Å². The van der Waals surface area contributed by atoms with E-state index in [2.05, 4.69) is 15.5 Å². The number of sulfonamides is 1. The largest absolute Gasteiger partial charge is 0.350 e. The van der Waals surface area contributed by atoms with Crippen LogP contribution in [0.5, 0.6) is 0 Å². The van der Waals surface area contributed by atoms with E-state index in [1.165, 1.54) is 10.6 Å². The number of anilines is 1. The number of hydrogen-bond donors (Lipinski definition) is 2. The molecular weight excluding hydrogens is 428 g/mol. The van der Waals surface area contributed by atoms with Crippen molar-refractivity contribution in [2.24, 2.45) is 0 Å². The minimum absolute atomic E-state index is 0.00634. The second-order valence-corrected chi connectivity index (χ2v) is 10.2. The molecule has 1 aliphatic heterocycles. The van der Waals surface area contributed by atoms with E-state index < -0.39 is 10.0 Å². The summed E-state index contributed by atoms with van der Waals surface area (Å²) < 4.78 is 24.8. The van der Waals surface area contributed by atoms with Gasteiger partial charge in [0, 0.05) is 44.3 Å². The molecule has 2 amide bonds. The molecule has 1 saturated heterocycles. The average Bonchev–Trinajstić information content (AvgIpc) is 2.74. The fraction of sp³-hybridized carbons (Fsp3) is 0.391. The van der Waals surface area contributed by atoms with Crippen molar-refractivity contribution in [2.45, 2.75) is 26.4 Å². The van der Waals surface area contributed by atoms with Crippen molar-refractivity contribution in [2.75, 3.05) is 37.8 Å². The van der Waals surface area contributed by atoms with Crippen LogP contribution < -0.4 is 10.6 Å². The molecule has 32 heavy (non-hydrogen) atoms. The third-order valence-electron chi connectivity index (χ3n) is 5.26. The summed E-state index contributed by atoms with van der Waals surface area (Å²) in [7, 11) is -3.14. The highest BCUT2D eigenvalue weighted by Gasteiger charge is 2.23. The lowest BCUT2D eigenvalue weighted by Crippen LogP contribution is -2.47. The van der Waals surface area contributed by atoms with Crippen molar-refractivity contribution >= 4 is 27.5 Å². The number of rotatable bonds is 7. The zero-order valence-electron chi connectivity index (χ0n) is 18.7. The predicted molar refractivity (Wildman–Crippen MR) is 125 cm³/mol. The molecule has 172 valence electrons. The molecule has 0 aliphatic carbocycles. The second kappa shape index (κ2) is 10.2. The van der Waals surface area contributed by atoms with E-state index >= 15 is 0 Å². The summed E-state index contributed by atoms with van der Waals surface area (Å²) in [5.41, 5.74) is 2.42. The first-order valence-electron chi connectivity index (χ1n) is 10.6. The lowest BCUT2D eigenvalue weighted by Gasteiger charge is -2.33. The van der Waals surface area contributed by atoms with Gasteiger partial charge in [-0.1, -0.05) is 24.3 Å². The van der Waals surface area contributed by atoms with Gasteiger partial charge in [-0.3, -0.25) is 14.5 Å². The van der Waals surface area contributed by atoms with Crippen molar-refractivity contribution in [3.05, 3.63) is 65.2 Å². The van der Waals surface area contributed by atoms with Gasteiger partial charge in [0.1, 0.15) is 0 Å². The van der Waals surface area contributed by atoms with Crippen molar-refractivity contribution in [3.8, 4) is 0 Å². The van der Waals surface area contributed by atoms with Gasteiger partial charge in [0.15, 0.2) is 0 Å². The zero-order valence-corrected chi connectivity index (χ0v) is 19.5. The van der Waals surface area contributed by atoms with Gasteiger partial charge in [-0.15, -0.1) is 0 Å². The number of hydrogen-bond acceptors (Lipinski definition) is 5. The molecule has 2 aromatic carbocycles. The van der Waals surface area contributed by atoms with E-state index in [-0.39, 0.29) is 17.9 Å². The average molecular weight is 459 g/mol. The van der Waals surface area contributed by atoms with Crippen LogP contribution >= 0.6 is 0 Å². The second-order valence-electron chi connectivity index (χ2n) is 8.26. The molecule has 9 heteroatoms. The quantitative estimate of drug-likeness (QED) is 0.663. The van der Waals surface area contributed by atoms with Gasteiger partial charge in [0.25, 0.3) is 11.8 Å². The smallest absolute Gasteiger partial charge is 0.255 e. The molecular formula is C23H30N4O4S. The van der Waals surface area contributed by atoms with Crippen LogP contribution in [0.2, 0.25) is 0 Å². The molecule has 2 N–H and O–H groups in total. The van der Waals surface area contributed by atoms with E-state index in [4.69, 9.17) is 0 Å². The summed E-state index contributed by atoms with van der Waals surface area (Å²) >= 11 is 0. The maximum atomic E-state index is 12.7. The first-order chi connectivity index (χ1) is 15.1. The number of carbonyl (C=O) groups is 2. The Hall–Kier alpha value is -2.75. The molecule has 8 nitrogen and oxygen atoms in total. The minimum Gasteiger partial charge on any atom is -0.350 e. The zero-order chi connectivity index (χ0) is 23.3. The van der Waals surface area contributed by atoms with E-state index in [0.29, 0.717) is 49.5 Å². The van der Waals surface area contributed by atoms with Crippen LogP contribution in [0.3, 0.4) is 0 Å². The molecule has 0 aromatic heterocycles. The Morgan fingerprint density at radius 3 is 2.16 bits per heavy atom. The van der Waals surface area contributed by atoms with Crippen LogP contribution in [0.1, 0.15) is 40.1 Å². The Morgan fingerprint density at radius 2 is 1.56 bits per heavy atom. The molecule has 1 heterocycles. The molecule has 0 radical (unpaired) electrons. The number of carbonyl (C=O) groups excluding carboxylic acids is 2. The predicted octanol–water partition coefficient (Wildman–Crippen LogP) is 2.15. The van der Waals surface area contributed by atoms with Gasteiger partial charge in [-0.05, 0) is 43.7 Å². The highest BCUT2D eigenvalue weighted by molar-refractivity contribution is 7.88. The molecule has 1 aliphatic rings. The Balaban J connectivity index is 1.60. The molecule has 3 rings (SSSR count). The van der Waals surface area contributed by atoms with Crippen LogP contribution in [0.15, 0.2) is 48.5 Å². The minimum atomic E-state index is -3.14. The summed E-state index contributed by atoms with van der Waals surface area (Å²) in [5.74, 6) is -0.523. The molecule has 0 bridgehead atoms. The van der Waals surface area contributed by atoms with E-state index in [1.807, 2.05) is 26.0 Å². The maximum absolute atomic E-state index is 12.7. The Kier molecular flexibility index (Phi) is 7.65. The van der Waals surface area contributed by atoms with E-state index in [9.17, 15) is 18.0 Å². The summed E-state index contributed by atoms with van der Waals surface area (Å²) in [4.78, 5) is 27.3. The number of amides is 2. The van der Waals surface area contributed by atoms with Gasteiger partial charge in [0.05, 0.1) is 17.5 Å². The van der Waals surface area contributed by atoms with Crippen molar-refractivity contribution < 1.29 is 18.0 Å². The highest BCUT2D eigenvalue weighted by atomic mass is 32.2. The number of nitrogens with one attached hydrogen (secondary N) is 2. The van der Waals surface area contributed by atoms with Crippen LogP contribution in [-0.4, -0.2) is 67.9 Å². The monoisotopic (exact) mass is 458 g/mol. The van der Waals surface area contributed by atoms with Crippen LogP contribution in [-0.2, 0) is 16.6 Å². The molecule has 0 atom stereocenters. The summed E-state index contributed by atoms with van der Waals surface area (Å²) in [6.45, 7) is 6.78. The van der Waals surface area contributed by atoms with Gasteiger partial charge < -0.3 is 10.6 Å². The van der Waals surface area contributed by atoms with E-state index in [0.717, 1.165) is 5.56 Å². The van der Waals surface area contributed by atoms with Crippen molar-refractivity contribution in [1.82, 2.24) is 14.5 Å². The van der Waals surface area contributed by atoms with Crippen LogP contribution in [0, 0.1) is 0 Å². The third-order valence-corrected chi connectivity index (χ3v) is 6.57. The normalized spacial score (nSPS) is 15.5. The van der Waals surface area contributed by atoms with Crippen molar-refractivity contribution in [1.29, 1.82) is 0 Å². The summed E-state index contributed by atoms with van der Waals surface area (Å²) in [6.07, 6.45) is 1.24. The number of piperazine rings is 1. The first-order valence-corrected chi connectivity index (χ1v) is 12.5. The van der Waals surface area contributed by atoms with Crippen LogP contribution in [0.4, 0.5) is 5.69 Å². The Morgan fingerprint density at radius 1 is 0.938 bits per heavy atom. The fourth-order valence-electron chi connectivity index (χ4n) is 3.56. The van der Waals surface area contributed by atoms with E-state index in [1.54, 1.807) is 36.4 Å². The Bertz CT molecular complexity index is 1060. The third kappa shape index (κ3) is 6.38. The molecule has 2 aromatic rings. The lowest BCUT2D eigenvalue weighted by atomic mass is 10.1. The van der Waals surface area contributed by atoms with Gasteiger partial charge >= 0.3 is 0 Å². The topological polar surface area (TPSA) is 98.8 Å². The fourth-order valence-corrected chi connectivity index (χ4v) is 4.39. The van der Waals surface area contributed by atoms with Gasteiger partial charge in [-0.2, -0.15) is 4.31 Å². The number of nitrogens with zero attached hydrogens (tertiary/aromatic N) is 2. The molecule has 1 fully saturated rings. The summed E-state index contributed by atoms with van der Waals surface area (Å²) in [5, 5.41) is 5.67. The molecule has 0 unspecified atom stereocenters.